The minimum atomic E-state index is -0.952. The van der Waals surface area contributed by atoms with Gasteiger partial charge in [-0.3, -0.25) is 4.79 Å². The zero-order chi connectivity index (χ0) is 20.1. The van der Waals surface area contributed by atoms with Gasteiger partial charge in [-0.05, 0) is 44.4 Å². The van der Waals surface area contributed by atoms with E-state index in [-0.39, 0.29) is 17.3 Å². The van der Waals surface area contributed by atoms with E-state index in [0.29, 0.717) is 13.0 Å². The summed E-state index contributed by atoms with van der Waals surface area (Å²) in [5.41, 5.74) is 13.7. The molecule has 2 atom stereocenters. The third-order valence-electron chi connectivity index (χ3n) is 5.41. The molecule has 5 N–H and O–H groups in total. The molecule has 28 heavy (non-hydrogen) atoms. The van der Waals surface area contributed by atoms with Gasteiger partial charge in [0.1, 0.15) is 11.6 Å². The maximum atomic E-state index is 12.5. The standard InChI is InChI=1S/C21H28N4O3/c22-11-3-1-2-6-18(26)19(23)16-5-4-12-25-13-17(24-20(16)25)14-7-9-15(10-8-14)21(27)28/h7-10,13,16,19H,1-6,11-12,22-23H2,(H,27,28). The molecular weight excluding hydrogens is 356 g/mol. The van der Waals surface area contributed by atoms with E-state index in [0.717, 1.165) is 55.7 Å². The van der Waals surface area contributed by atoms with Gasteiger partial charge in [-0.15, -0.1) is 0 Å². The van der Waals surface area contributed by atoms with E-state index >= 15 is 0 Å². The molecule has 0 aliphatic carbocycles. The summed E-state index contributed by atoms with van der Waals surface area (Å²) in [6.07, 6.45) is 6.97. The van der Waals surface area contributed by atoms with Crippen LogP contribution < -0.4 is 11.5 Å². The molecule has 1 aromatic heterocycles. The van der Waals surface area contributed by atoms with E-state index < -0.39 is 12.0 Å². The molecule has 0 spiro atoms. The average Bonchev–Trinajstić information content (AvgIpc) is 3.15. The van der Waals surface area contributed by atoms with Crippen LogP contribution in [0.1, 0.15) is 60.6 Å². The summed E-state index contributed by atoms with van der Waals surface area (Å²) in [6, 6.07) is 6.13. The van der Waals surface area contributed by atoms with E-state index in [1.165, 1.54) is 0 Å². The molecule has 1 aliphatic heterocycles. The first-order valence-electron chi connectivity index (χ1n) is 9.90. The first-order valence-corrected chi connectivity index (χ1v) is 9.90. The van der Waals surface area contributed by atoms with Crippen LogP contribution in [0.4, 0.5) is 0 Å². The second-order valence-electron chi connectivity index (χ2n) is 7.40. The van der Waals surface area contributed by atoms with Crippen molar-refractivity contribution in [3.05, 3.63) is 41.9 Å². The number of imidazole rings is 1. The Morgan fingerprint density at radius 3 is 2.64 bits per heavy atom. The fourth-order valence-electron chi connectivity index (χ4n) is 3.79. The Morgan fingerprint density at radius 1 is 1.21 bits per heavy atom. The van der Waals surface area contributed by atoms with Gasteiger partial charge in [0, 0.05) is 30.6 Å². The number of carboxylic acids is 1. The van der Waals surface area contributed by atoms with E-state index in [1.54, 1.807) is 24.3 Å². The fraction of sp³-hybridized carbons (Fsp3) is 0.476. The molecule has 7 heteroatoms. The van der Waals surface area contributed by atoms with Gasteiger partial charge >= 0.3 is 5.97 Å². The van der Waals surface area contributed by atoms with Crippen molar-refractivity contribution in [1.29, 1.82) is 0 Å². The molecule has 0 saturated heterocycles. The average molecular weight is 384 g/mol. The zero-order valence-electron chi connectivity index (χ0n) is 16.0. The highest BCUT2D eigenvalue weighted by molar-refractivity contribution is 5.88. The van der Waals surface area contributed by atoms with E-state index in [1.807, 2.05) is 6.20 Å². The molecule has 0 fully saturated rings. The van der Waals surface area contributed by atoms with Crippen molar-refractivity contribution >= 4 is 11.8 Å². The molecule has 2 unspecified atom stereocenters. The number of hydrogen-bond donors (Lipinski definition) is 3. The van der Waals surface area contributed by atoms with Gasteiger partial charge < -0.3 is 21.1 Å². The quantitative estimate of drug-likeness (QED) is 0.571. The first-order chi connectivity index (χ1) is 13.5. The second-order valence-corrected chi connectivity index (χ2v) is 7.40. The lowest BCUT2D eigenvalue weighted by Crippen LogP contribution is -2.39. The number of rotatable bonds is 9. The van der Waals surface area contributed by atoms with Crippen LogP contribution in [0.3, 0.4) is 0 Å². The van der Waals surface area contributed by atoms with Gasteiger partial charge in [-0.1, -0.05) is 18.6 Å². The normalized spacial score (nSPS) is 17.1. The number of carboxylic acid groups (broad SMARTS) is 1. The minimum Gasteiger partial charge on any atom is -0.478 e. The lowest BCUT2D eigenvalue weighted by atomic mass is 9.87. The SMILES string of the molecule is NCCCCCC(=O)C(N)C1CCCn2cc(-c3ccc(C(=O)O)cc3)nc21. The van der Waals surface area contributed by atoms with Gasteiger partial charge in [0.05, 0.1) is 17.3 Å². The van der Waals surface area contributed by atoms with Gasteiger partial charge in [-0.25, -0.2) is 9.78 Å². The lowest BCUT2D eigenvalue weighted by molar-refractivity contribution is -0.121. The number of nitrogens with two attached hydrogens (primary N) is 2. The van der Waals surface area contributed by atoms with Gasteiger partial charge in [0.15, 0.2) is 0 Å². The van der Waals surface area contributed by atoms with Crippen molar-refractivity contribution < 1.29 is 14.7 Å². The molecule has 2 heterocycles. The van der Waals surface area contributed by atoms with Crippen LogP contribution >= 0.6 is 0 Å². The van der Waals surface area contributed by atoms with E-state index in [9.17, 15) is 9.59 Å². The number of carbonyl (C=O) groups is 2. The number of Topliss-reactive ketones (excluding diaryl/α,β-unsaturated/α-hetero) is 1. The lowest BCUT2D eigenvalue weighted by Gasteiger charge is -2.27. The Bertz CT molecular complexity index is 829. The minimum absolute atomic E-state index is 0.0807. The van der Waals surface area contributed by atoms with Crippen LogP contribution in [0.5, 0.6) is 0 Å². The number of nitrogens with zero attached hydrogens (tertiary/aromatic N) is 2. The Kier molecular flexibility index (Phi) is 6.59. The van der Waals surface area contributed by atoms with Crippen LogP contribution in [-0.2, 0) is 11.3 Å². The molecule has 1 aromatic carbocycles. The highest BCUT2D eigenvalue weighted by atomic mass is 16.4. The Balaban J connectivity index is 1.75. The Morgan fingerprint density at radius 2 is 1.96 bits per heavy atom. The van der Waals surface area contributed by atoms with Crippen molar-refractivity contribution in [2.75, 3.05) is 6.54 Å². The number of hydrogen-bond acceptors (Lipinski definition) is 5. The molecule has 0 radical (unpaired) electrons. The number of fused-ring (bicyclic) bond motifs is 1. The van der Waals surface area contributed by atoms with Crippen molar-refractivity contribution in [3.8, 4) is 11.3 Å². The summed E-state index contributed by atoms with van der Waals surface area (Å²) >= 11 is 0. The summed E-state index contributed by atoms with van der Waals surface area (Å²) in [6.45, 7) is 1.50. The van der Waals surface area contributed by atoms with E-state index in [2.05, 4.69) is 4.57 Å². The predicted octanol–water partition coefficient (Wildman–Crippen LogP) is 2.54. The molecule has 2 aromatic rings. The largest absolute Gasteiger partial charge is 0.478 e. The monoisotopic (exact) mass is 384 g/mol. The first kappa shape index (κ1) is 20.2. The number of ketones is 1. The van der Waals surface area contributed by atoms with Crippen molar-refractivity contribution in [2.45, 2.75) is 57.0 Å². The van der Waals surface area contributed by atoms with Crippen LogP contribution in [-0.4, -0.2) is 39.0 Å². The number of aromatic carboxylic acids is 1. The number of carbonyl (C=O) groups excluding carboxylic acids is 1. The van der Waals surface area contributed by atoms with Crippen LogP contribution in [0.15, 0.2) is 30.5 Å². The predicted molar refractivity (Wildman–Crippen MR) is 107 cm³/mol. The molecule has 0 amide bonds. The van der Waals surface area contributed by atoms with Crippen molar-refractivity contribution in [3.63, 3.8) is 0 Å². The Labute approximate surface area is 164 Å². The summed E-state index contributed by atoms with van der Waals surface area (Å²) in [4.78, 5) is 28.3. The third-order valence-corrected chi connectivity index (χ3v) is 5.41. The fourth-order valence-corrected chi connectivity index (χ4v) is 3.79. The van der Waals surface area contributed by atoms with E-state index in [4.69, 9.17) is 21.6 Å². The summed E-state index contributed by atoms with van der Waals surface area (Å²) in [5, 5.41) is 9.05. The van der Waals surface area contributed by atoms with Gasteiger partial charge in [0.25, 0.3) is 0 Å². The third kappa shape index (κ3) is 4.48. The topological polar surface area (TPSA) is 124 Å². The molecule has 150 valence electrons. The van der Waals surface area contributed by atoms with Crippen LogP contribution in [0.25, 0.3) is 11.3 Å². The van der Waals surface area contributed by atoms with Crippen molar-refractivity contribution in [2.24, 2.45) is 11.5 Å². The Hall–Kier alpha value is -2.51. The maximum absolute atomic E-state index is 12.5. The summed E-state index contributed by atoms with van der Waals surface area (Å²) in [5.74, 6) is -0.0910. The summed E-state index contributed by atoms with van der Waals surface area (Å²) < 4.78 is 2.08. The maximum Gasteiger partial charge on any atom is 0.335 e. The number of benzene rings is 1. The highest BCUT2D eigenvalue weighted by Gasteiger charge is 2.32. The number of unbranched alkanes of at least 4 members (excludes halogenated alkanes) is 2. The molecule has 0 bridgehead atoms. The zero-order valence-corrected chi connectivity index (χ0v) is 16.0. The van der Waals surface area contributed by atoms with Gasteiger partial charge in [-0.2, -0.15) is 0 Å². The molecule has 0 saturated carbocycles. The second kappa shape index (κ2) is 9.12. The molecule has 3 rings (SSSR count). The molecule has 7 nitrogen and oxygen atoms in total. The van der Waals surface area contributed by atoms with Crippen molar-refractivity contribution in [1.82, 2.24) is 9.55 Å². The van der Waals surface area contributed by atoms with Gasteiger partial charge in [0.2, 0.25) is 0 Å². The molecular formula is C21H28N4O3. The smallest absolute Gasteiger partial charge is 0.335 e. The van der Waals surface area contributed by atoms with Crippen LogP contribution in [0, 0.1) is 0 Å². The summed E-state index contributed by atoms with van der Waals surface area (Å²) in [7, 11) is 0. The molecule has 1 aliphatic rings. The number of aromatic nitrogens is 2. The van der Waals surface area contributed by atoms with Crippen LogP contribution in [0.2, 0.25) is 0 Å². The number of aryl methyl sites for hydroxylation is 1. The highest BCUT2D eigenvalue weighted by Crippen LogP contribution is 2.32.